The molecule has 3 rings (SSSR count). The fourth-order valence-corrected chi connectivity index (χ4v) is 1.99. The van der Waals surface area contributed by atoms with E-state index >= 15 is 0 Å². The molecule has 1 fully saturated rings. The average molecular weight is 184 g/mol. The maximum Gasteiger partial charge on any atom is 0.0705 e. The monoisotopic (exact) mass is 184 g/mol. The Hall–Kier alpha value is -1.41. The molecule has 0 spiro atoms. The van der Waals surface area contributed by atoms with Crippen molar-refractivity contribution in [3.63, 3.8) is 0 Å². The Morgan fingerprint density at radius 1 is 1.21 bits per heavy atom. The SMILES string of the molecule is c1cc(C2CCN2)c2cccnc2c1. The first kappa shape index (κ1) is 7.94. The molecule has 0 amide bonds. The lowest BCUT2D eigenvalue weighted by molar-refractivity contribution is 0.385. The van der Waals surface area contributed by atoms with Gasteiger partial charge in [-0.3, -0.25) is 4.98 Å². The number of aromatic nitrogens is 1. The van der Waals surface area contributed by atoms with Crippen molar-refractivity contribution in [2.24, 2.45) is 0 Å². The lowest BCUT2D eigenvalue weighted by Gasteiger charge is -2.28. The van der Waals surface area contributed by atoms with Gasteiger partial charge >= 0.3 is 0 Å². The number of pyridine rings is 1. The summed E-state index contributed by atoms with van der Waals surface area (Å²) in [7, 11) is 0. The van der Waals surface area contributed by atoms with Crippen LogP contribution in [0.25, 0.3) is 10.9 Å². The molecule has 1 aliphatic heterocycles. The van der Waals surface area contributed by atoms with Crippen LogP contribution in [0.3, 0.4) is 0 Å². The summed E-state index contributed by atoms with van der Waals surface area (Å²) in [6.07, 6.45) is 3.09. The van der Waals surface area contributed by atoms with Crippen LogP contribution in [0.4, 0.5) is 0 Å². The Labute approximate surface area is 83.0 Å². The van der Waals surface area contributed by atoms with Crippen LogP contribution < -0.4 is 5.32 Å². The van der Waals surface area contributed by atoms with Gasteiger partial charge in [0.1, 0.15) is 0 Å². The second-order valence-corrected chi connectivity index (χ2v) is 3.71. The number of nitrogens with one attached hydrogen (secondary N) is 1. The molecule has 2 heteroatoms. The van der Waals surface area contributed by atoms with Crippen molar-refractivity contribution < 1.29 is 0 Å². The highest BCUT2D eigenvalue weighted by Crippen LogP contribution is 2.28. The van der Waals surface area contributed by atoms with Gasteiger partial charge in [0.15, 0.2) is 0 Å². The third-order valence-corrected chi connectivity index (χ3v) is 2.88. The molecule has 2 nitrogen and oxygen atoms in total. The molecule has 1 aromatic heterocycles. The van der Waals surface area contributed by atoms with Crippen molar-refractivity contribution in [2.75, 3.05) is 6.54 Å². The first-order chi connectivity index (χ1) is 6.95. The maximum atomic E-state index is 4.35. The van der Waals surface area contributed by atoms with Crippen LogP contribution >= 0.6 is 0 Å². The zero-order chi connectivity index (χ0) is 9.38. The van der Waals surface area contributed by atoms with Gasteiger partial charge in [0.25, 0.3) is 0 Å². The van der Waals surface area contributed by atoms with Gasteiger partial charge in [-0.25, -0.2) is 0 Å². The molecule has 0 aliphatic carbocycles. The van der Waals surface area contributed by atoms with Gasteiger partial charge in [-0.1, -0.05) is 18.2 Å². The molecule has 1 atom stereocenters. The van der Waals surface area contributed by atoms with Gasteiger partial charge in [0, 0.05) is 17.6 Å². The molecule has 1 saturated heterocycles. The molecule has 2 heterocycles. The molecule has 2 aromatic rings. The number of hydrogen-bond donors (Lipinski definition) is 1. The first-order valence-electron chi connectivity index (χ1n) is 5.02. The van der Waals surface area contributed by atoms with Crippen molar-refractivity contribution in [1.82, 2.24) is 10.3 Å². The molecule has 1 N–H and O–H groups in total. The molecule has 1 unspecified atom stereocenters. The van der Waals surface area contributed by atoms with Crippen molar-refractivity contribution in [3.8, 4) is 0 Å². The highest BCUT2D eigenvalue weighted by atomic mass is 15.0. The quantitative estimate of drug-likeness (QED) is 0.735. The standard InChI is InChI=1S/C12H12N2/c1-3-9(12-6-8-14-12)10-4-2-7-13-11(10)5-1/h1-5,7,12,14H,6,8H2. The van der Waals surface area contributed by atoms with Crippen molar-refractivity contribution in [3.05, 3.63) is 42.1 Å². The van der Waals surface area contributed by atoms with Crippen LogP contribution in [0, 0.1) is 0 Å². The van der Waals surface area contributed by atoms with Gasteiger partial charge in [0.2, 0.25) is 0 Å². The smallest absolute Gasteiger partial charge is 0.0705 e. The summed E-state index contributed by atoms with van der Waals surface area (Å²) in [6.45, 7) is 1.14. The lowest BCUT2D eigenvalue weighted by Crippen LogP contribution is -2.35. The summed E-state index contributed by atoms with van der Waals surface area (Å²) in [6, 6.07) is 11.0. The summed E-state index contributed by atoms with van der Waals surface area (Å²) < 4.78 is 0. The van der Waals surface area contributed by atoms with Gasteiger partial charge < -0.3 is 5.32 Å². The Kier molecular flexibility index (Phi) is 1.74. The molecular formula is C12H12N2. The van der Waals surface area contributed by atoms with Crippen LogP contribution in [0.15, 0.2) is 36.5 Å². The highest BCUT2D eigenvalue weighted by Gasteiger charge is 2.19. The summed E-state index contributed by atoms with van der Waals surface area (Å²) >= 11 is 0. The third kappa shape index (κ3) is 1.11. The van der Waals surface area contributed by atoms with E-state index in [-0.39, 0.29) is 0 Å². The van der Waals surface area contributed by atoms with Gasteiger partial charge in [-0.15, -0.1) is 0 Å². The topological polar surface area (TPSA) is 24.9 Å². The zero-order valence-corrected chi connectivity index (χ0v) is 7.90. The molecule has 0 bridgehead atoms. The van der Waals surface area contributed by atoms with Gasteiger partial charge in [-0.05, 0) is 30.7 Å². The fourth-order valence-electron chi connectivity index (χ4n) is 1.99. The molecule has 14 heavy (non-hydrogen) atoms. The number of benzene rings is 1. The Morgan fingerprint density at radius 2 is 2.14 bits per heavy atom. The van der Waals surface area contributed by atoms with Crippen LogP contribution in [-0.4, -0.2) is 11.5 Å². The van der Waals surface area contributed by atoms with Crippen LogP contribution in [0.1, 0.15) is 18.0 Å². The molecule has 1 aromatic carbocycles. The molecule has 1 aliphatic rings. The summed E-state index contributed by atoms with van der Waals surface area (Å²) in [5, 5.41) is 4.71. The third-order valence-electron chi connectivity index (χ3n) is 2.88. The van der Waals surface area contributed by atoms with E-state index < -0.39 is 0 Å². The average Bonchev–Trinajstić information content (AvgIpc) is 2.16. The molecular weight excluding hydrogens is 172 g/mol. The second kappa shape index (κ2) is 3.07. The number of nitrogens with zero attached hydrogens (tertiary/aromatic N) is 1. The van der Waals surface area contributed by atoms with Gasteiger partial charge in [0.05, 0.1) is 5.52 Å². The molecule has 0 radical (unpaired) electrons. The van der Waals surface area contributed by atoms with Crippen molar-refractivity contribution >= 4 is 10.9 Å². The number of rotatable bonds is 1. The maximum absolute atomic E-state index is 4.35. The fraction of sp³-hybridized carbons (Fsp3) is 0.250. The van der Waals surface area contributed by atoms with E-state index in [2.05, 4.69) is 34.6 Å². The first-order valence-corrected chi connectivity index (χ1v) is 5.02. The molecule has 0 saturated carbocycles. The van der Waals surface area contributed by atoms with Gasteiger partial charge in [-0.2, -0.15) is 0 Å². The Morgan fingerprint density at radius 3 is 2.93 bits per heavy atom. The number of hydrogen-bond acceptors (Lipinski definition) is 2. The van der Waals surface area contributed by atoms with E-state index in [9.17, 15) is 0 Å². The van der Waals surface area contributed by atoms with Crippen molar-refractivity contribution in [2.45, 2.75) is 12.5 Å². The van der Waals surface area contributed by atoms with E-state index in [4.69, 9.17) is 0 Å². The molecule has 70 valence electrons. The largest absolute Gasteiger partial charge is 0.310 e. The van der Waals surface area contributed by atoms with E-state index in [0.29, 0.717) is 6.04 Å². The van der Waals surface area contributed by atoms with Crippen LogP contribution in [0.2, 0.25) is 0 Å². The van der Waals surface area contributed by atoms with Crippen molar-refractivity contribution in [1.29, 1.82) is 0 Å². The zero-order valence-electron chi connectivity index (χ0n) is 7.90. The van der Waals surface area contributed by atoms with E-state index in [1.807, 2.05) is 12.3 Å². The Balaban J connectivity index is 2.22. The normalized spacial score (nSPS) is 20.7. The van der Waals surface area contributed by atoms with Crippen LogP contribution in [-0.2, 0) is 0 Å². The summed E-state index contributed by atoms with van der Waals surface area (Å²) in [5.74, 6) is 0. The summed E-state index contributed by atoms with van der Waals surface area (Å²) in [5.41, 5.74) is 2.49. The second-order valence-electron chi connectivity index (χ2n) is 3.71. The van der Waals surface area contributed by atoms with E-state index in [1.165, 1.54) is 17.4 Å². The predicted octanol–water partition coefficient (Wildman–Crippen LogP) is 2.27. The number of fused-ring (bicyclic) bond motifs is 1. The minimum Gasteiger partial charge on any atom is -0.310 e. The minimum atomic E-state index is 0.544. The minimum absolute atomic E-state index is 0.544. The van der Waals surface area contributed by atoms with E-state index in [0.717, 1.165) is 12.1 Å². The predicted molar refractivity (Wildman–Crippen MR) is 57.1 cm³/mol. The summed E-state index contributed by atoms with van der Waals surface area (Å²) in [4.78, 5) is 4.35. The highest BCUT2D eigenvalue weighted by molar-refractivity contribution is 5.82. The van der Waals surface area contributed by atoms with Crippen LogP contribution in [0.5, 0.6) is 0 Å². The lowest BCUT2D eigenvalue weighted by atomic mass is 9.94. The van der Waals surface area contributed by atoms with E-state index in [1.54, 1.807) is 0 Å². The Bertz CT molecular complexity index is 455.